The Bertz CT molecular complexity index is 1130. The van der Waals surface area contributed by atoms with Crippen LogP contribution >= 0.6 is 11.3 Å². The van der Waals surface area contributed by atoms with Crippen LogP contribution in [0.15, 0.2) is 58.8 Å². The van der Waals surface area contributed by atoms with E-state index in [-0.39, 0.29) is 28.8 Å². The molecule has 3 rings (SSSR count). The average molecular weight is 446 g/mol. The van der Waals surface area contributed by atoms with E-state index in [0.717, 1.165) is 16.3 Å². The van der Waals surface area contributed by atoms with Crippen molar-refractivity contribution in [2.75, 3.05) is 7.11 Å². The Balaban J connectivity index is 1.74. The van der Waals surface area contributed by atoms with Crippen LogP contribution in [-0.4, -0.2) is 32.5 Å². The number of thiazole rings is 1. The highest BCUT2D eigenvalue weighted by molar-refractivity contribution is 7.89. The van der Waals surface area contributed by atoms with Gasteiger partial charge in [-0.05, 0) is 32.0 Å². The van der Waals surface area contributed by atoms with Crippen molar-refractivity contribution in [2.24, 2.45) is 0 Å². The molecule has 0 bridgehead atoms. The minimum absolute atomic E-state index is 0.0769. The number of hydrogen-bond donors (Lipinski definition) is 2. The molecule has 0 atom stereocenters. The second-order valence-corrected chi connectivity index (χ2v) is 9.44. The topological polar surface area (TPSA) is 97.4 Å². The zero-order chi connectivity index (χ0) is 21.7. The molecule has 1 amide bonds. The van der Waals surface area contributed by atoms with E-state index in [2.05, 4.69) is 15.0 Å². The summed E-state index contributed by atoms with van der Waals surface area (Å²) in [5, 5.41) is 5.48. The van der Waals surface area contributed by atoms with Gasteiger partial charge in [0, 0.05) is 22.5 Å². The van der Waals surface area contributed by atoms with Gasteiger partial charge in [-0.15, -0.1) is 11.3 Å². The van der Waals surface area contributed by atoms with Crippen LogP contribution in [0.5, 0.6) is 5.75 Å². The molecule has 0 aliphatic carbocycles. The third-order valence-corrected chi connectivity index (χ3v) is 6.66. The lowest BCUT2D eigenvalue weighted by Crippen LogP contribution is -2.31. The maximum absolute atomic E-state index is 12.6. The number of methoxy groups -OCH3 is 1. The SMILES string of the molecule is COc1ccc(C(=O)NCc2nc(-c3ccccc3)cs2)cc1S(=O)(=O)NC(C)C. The molecule has 0 saturated carbocycles. The molecular formula is C21H23N3O4S2. The third kappa shape index (κ3) is 5.24. The highest BCUT2D eigenvalue weighted by atomic mass is 32.2. The summed E-state index contributed by atoms with van der Waals surface area (Å²) in [6, 6.07) is 13.8. The summed E-state index contributed by atoms with van der Waals surface area (Å²) >= 11 is 1.45. The predicted molar refractivity (Wildman–Crippen MR) is 117 cm³/mol. The maximum atomic E-state index is 12.6. The highest BCUT2D eigenvalue weighted by Crippen LogP contribution is 2.25. The van der Waals surface area contributed by atoms with Crippen molar-refractivity contribution >= 4 is 27.3 Å². The van der Waals surface area contributed by atoms with E-state index in [0.29, 0.717) is 0 Å². The predicted octanol–water partition coefficient (Wildman–Crippen LogP) is 3.44. The Morgan fingerprint density at radius 2 is 1.90 bits per heavy atom. The number of nitrogens with zero attached hydrogens (tertiary/aromatic N) is 1. The van der Waals surface area contributed by atoms with Gasteiger partial charge in [0.1, 0.15) is 15.7 Å². The normalized spacial score (nSPS) is 11.5. The third-order valence-electron chi connectivity index (χ3n) is 4.13. The van der Waals surface area contributed by atoms with E-state index in [1.54, 1.807) is 13.8 Å². The summed E-state index contributed by atoms with van der Waals surface area (Å²) in [4.78, 5) is 17.1. The van der Waals surface area contributed by atoms with Crippen molar-refractivity contribution in [2.45, 2.75) is 31.3 Å². The van der Waals surface area contributed by atoms with Crippen LogP contribution in [-0.2, 0) is 16.6 Å². The highest BCUT2D eigenvalue weighted by Gasteiger charge is 2.22. The minimum atomic E-state index is -3.82. The zero-order valence-corrected chi connectivity index (χ0v) is 18.5. The van der Waals surface area contributed by atoms with Gasteiger partial charge in [-0.2, -0.15) is 0 Å². The molecule has 0 spiro atoms. The summed E-state index contributed by atoms with van der Waals surface area (Å²) in [6.45, 7) is 3.69. The van der Waals surface area contributed by atoms with Gasteiger partial charge in [-0.3, -0.25) is 4.79 Å². The average Bonchev–Trinajstić information content (AvgIpc) is 3.20. The summed E-state index contributed by atoms with van der Waals surface area (Å²) in [7, 11) is -2.43. The number of carbonyl (C=O) groups excluding carboxylic acids is 1. The molecule has 0 aliphatic heterocycles. The van der Waals surface area contributed by atoms with Gasteiger partial charge >= 0.3 is 0 Å². The van der Waals surface area contributed by atoms with Crippen molar-refractivity contribution in [3.63, 3.8) is 0 Å². The first-order valence-corrected chi connectivity index (χ1v) is 11.6. The van der Waals surface area contributed by atoms with Crippen molar-refractivity contribution in [1.29, 1.82) is 0 Å². The first-order chi connectivity index (χ1) is 14.3. The molecule has 0 fully saturated rings. The van der Waals surface area contributed by atoms with E-state index in [1.165, 1.54) is 36.6 Å². The lowest BCUT2D eigenvalue weighted by atomic mass is 10.2. The van der Waals surface area contributed by atoms with Crippen LogP contribution < -0.4 is 14.8 Å². The van der Waals surface area contributed by atoms with Crippen LogP contribution in [0.1, 0.15) is 29.2 Å². The zero-order valence-electron chi connectivity index (χ0n) is 16.9. The van der Waals surface area contributed by atoms with Gasteiger partial charge in [0.15, 0.2) is 0 Å². The van der Waals surface area contributed by atoms with E-state index < -0.39 is 15.9 Å². The van der Waals surface area contributed by atoms with Crippen molar-refractivity contribution < 1.29 is 17.9 Å². The molecule has 7 nitrogen and oxygen atoms in total. The second-order valence-electron chi connectivity index (χ2n) is 6.82. The van der Waals surface area contributed by atoms with E-state index in [4.69, 9.17) is 4.74 Å². The number of nitrogens with one attached hydrogen (secondary N) is 2. The quantitative estimate of drug-likeness (QED) is 0.554. The van der Waals surface area contributed by atoms with Crippen molar-refractivity contribution in [3.05, 3.63) is 64.5 Å². The fourth-order valence-electron chi connectivity index (χ4n) is 2.79. The Hall–Kier alpha value is -2.75. The van der Waals surface area contributed by atoms with Crippen molar-refractivity contribution in [1.82, 2.24) is 15.0 Å². The molecular weight excluding hydrogens is 422 g/mol. The van der Waals surface area contributed by atoms with Crippen LogP contribution in [0.25, 0.3) is 11.3 Å². The first-order valence-electron chi connectivity index (χ1n) is 9.28. The summed E-state index contributed by atoms with van der Waals surface area (Å²) < 4.78 is 32.8. The Morgan fingerprint density at radius 1 is 1.17 bits per heavy atom. The molecule has 30 heavy (non-hydrogen) atoms. The van der Waals surface area contributed by atoms with Crippen LogP contribution in [0.4, 0.5) is 0 Å². The van der Waals surface area contributed by atoms with Gasteiger partial charge < -0.3 is 10.1 Å². The molecule has 1 heterocycles. The van der Waals surface area contributed by atoms with E-state index in [9.17, 15) is 13.2 Å². The number of amides is 1. The molecule has 2 aromatic carbocycles. The smallest absolute Gasteiger partial charge is 0.251 e. The maximum Gasteiger partial charge on any atom is 0.251 e. The molecule has 2 N–H and O–H groups in total. The molecule has 0 radical (unpaired) electrons. The largest absolute Gasteiger partial charge is 0.495 e. The molecule has 158 valence electrons. The second kappa shape index (κ2) is 9.38. The summed E-state index contributed by atoms with van der Waals surface area (Å²) in [5.74, 6) is -0.220. The monoisotopic (exact) mass is 445 g/mol. The number of aromatic nitrogens is 1. The molecule has 3 aromatic rings. The number of benzene rings is 2. The Kier molecular flexibility index (Phi) is 6.86. The van der Waals surface area contributed by atoms with Crippen LogP contribution in [0.3, 0.4) is 0 Å². The summed E-state index contributed by atoms with van der Waals surface area (Å²) in [5.41, 5.74) is 2.08. The molecule has 0 aliphatic rings. The van der Waals surface area contributed by atoms with Gasteiger partial charge in [0.25, 0.3) is 5.91 Å². The van der Waals surface area contributed by atoms with Gasteiger partial charge in [-0.25, -0.2) is 18.1 Å². The van der Waals surface area contributed by atoms with E-state index >= 15 is 0 Å². The molecule has 0 saturated heterocycles. The minimum Gasteiger partial charge on any atom is -0.495 e. The van der Waals surface area contributed by atoms with Crippen LogP contribution in [0.2, 0.25) is 0 Å². The number of sulfonamides is 1. The van der Waals surface area contributed by atoms with Crippen LogP contribution in [0, 0.1) is 0 Å². The van der Waals surface area contributed by atoms with Gasteiger partial charge in [0.2, 0.25) is 10.0 Å². The number of rotatable bonds is 8. The lowest BCUT2D eigenvalue weighted by molar-refractivity contribution is 0.0950. The van der Waals surface area contributed by atoms with E-state index in [1.807, 2.05) is 35.7 Å². The lowest BCUT2D eigenvalue weighted by Gasteiger charge is -2.14. The summed E-state index contributed by atoms with van der Waals surface area (Å²) in [6.07, 6.45) is 0. The Labute approximate surface area is 180 Å². The fourth-order valence-corrected chi connectivity index (χ4v) is 4.98. The molecule has 9 heteroatoms. The Morgan fingerprint density at radius 3 is 2.57 bits per heavy atom. The fraction of sp³-hybridized carbons (Fsp3) is 0.238. The molecule has 1 aromatic heterocycles. The van der Waals surface area contributed by atoms with Crippen molar-refractivity contribution in [3.8, 4) is 17.0 Å². The molecule has 0 unspecified atom stereocenters. The number of hydrogen-bond acceptors (Lipinski definition) is 6. The number of carbonyl (C=O) groups is 1. The number of ether oxygens (including phenoxy) is 1. The standard InChI is InChI=1S/C21H23N3O4S2/c1-14(2)24-30(26,27)19-11-16(9-10-18(19)28-3)21(25)22-12-20-23-17(13-29-20)15-7-5-4-6-8-15/h4-11,13-14,24H,12H2,1-3H3,(H,22,25). The van der Waals surface area contributed by atoms with Gasteiger partial charge in [-0.1, -0.05) is 30.3 Å². The first kappa shape index (κ1) is 21.9. The van der Waals surface area contributed by atoms with Gasteiger partial charge in [0.05, 0.1) is 19.3 Å².